The number of alkyl halides is 3. The minimum absolute atomic E-state index is 0.0511. The fourth-order valence-electron chi connectivity index (χ4n) is 3.08. The predicted octanol–water partition coefficient (Wildman–Crippen LogP) is 3.06. The van der Waals surface area contributed by atoms with Crippen LogP contribution < -0.4 is 16.0 Å². The van der Waals surface area contributed by atoms with Crippen LogP contribution in [0.5, 0.6) is 0 Å². The number of amides is 2. The van der Waals surface area contributed by atoms with Crippen LogP contribution in [0.25, 0.3) is 0 Å². The topological polar surface area (TPSA) is 70.2 Å². The number of rotatable bonds is 4. The lowest BCUT2D eigenvalue weighted by atomic mass is 10.0. The molecular weight excluding hydrogens is 371 g/mol. The first-order valence-electron chi connectivity index (χ1n) is 8.82. The van der Waals surface area contributed by atoms with Gasteiger partial charge in [0.2, 0.25) is 11.8 Å². The molecule has 3 atom stereocenters. The molecule has 2 amide bonds. The predicted molar refractivity (Wildman–Crippen MR) is 96.9 cm³/mol. The van der Waals surface area contributed by atoms with Gasteiger partial charge < -0.3 is 10.6 Å². The van der Waals surface area contributed by atoms with Crippen molar-refractivity contribution in [2.45, 2.75) is 37.8 Å². The fraction of sp³-hybridized carbons (Fsp3) is 0.300. The first kappa shape index (κ1) is 19.9. The van der Waals surface area contributed by atoms with Gasteiger partial charge in [0.15, 0.2) is 0 Å². The van der Waals surface area contributed by atoms with E-state index in [1.165, 1.54) is 12.1 Å². The molecule has 1 fully saturated rings. The van der Waals surface area contributed by atoms with E-state index in [1.54, 1.807) is 6.92 Å². The van der Waals surface area contributed by atoms with Crippen LogP contribution >= 0.6 is 0 Å². The number of hydrogen-bond donors (Lipinski definition) is 3. The summed E-state index contributed by atoms with van der Waals surface area (Å²) >= 11 is 0. The lowest BCUT2D eigenvalue weighted by Crippen LogP contribution is -2.56. The van der Waals surface area contributed by atoms with Crippen LogP contribution in [0.2, 0.25) is 0 Å². The Morgan fingerprint density at radius 3 is 2.54 bits per heavy atom. The number of nitrogens with one attached hydrogen (secondary N) is 3. The summed E-state index contributed by atoms with van der Waals surface area (Å²) in [5, 5.41) is 8.53. The Labute approximate surface area is 160 Å². The van der Waals surface area contributed by atoms with Crippen molar-refractivity contribution in [3.8, 4) is 0 Å². The van der Waals surface area contributed by atoms with E-state index in [9.17, 15) is 22.8 Å². The Balaban J connectivity index is 1.69. The third-order valence-corrected chi connectivity index (χ3v) is 4.58. The molecule has 28 heavy (non-hydrogen) atoms. The maximum atomic E-state index is 12.9. The third kappa shape index (κ3) is 4.69. The number of carbonyl (C=O) groups is 2. The second-order valence-electron chi connectivity index (χ2n) is 6.69. The average molecular weight is 391 g/mol. The van der Waals surface area contributed by atoms with Crippen molar-refractivity contribution in [3.05, 3.63) is 71.3 Å². The third-order valence-electron chi connectivity index (χ3n) is 4.58. The highest BCUT2D eigenvalue weighted by Crippen LogP contribution is 2.30. The highest BCUT2D eigenvalue weighted by molar-refractivity contribution is 5.89. The highest BCUT2D eigenvalue weighted by Gasteiger charge is 2.33. The van der Waals surface area contributed by atoms with Crippen molar-refractivity contribution in [1.29, 1.82) is 0 Å². The minimum Gasteiger partial charge on any atom is -0.348 e. The zero-order chi connectivity index (χ0) is 20.3. The van der Waals surface area contributed by atoms with E-state index < -0.39 is 35.9 Å². The molecule has 0 spiro atoms. The summed E-state index contributed by atoms with van der Waals surface area (Å²) in [6, 6.07) is 12.5. The van der Waals surface area contributed by atoms with Gasteiger partial charge in [0.05, 0.1) is 24.1 Å². The van der Waals surface area contributed by atoms with Gasteiger partial charge >= 0.3 is 6.18 Å². The quantitative estimate of drug-likeness (QED) is 0.750. The molecule has 5 nitrogen and oxygen atoms in total. The van der Waals surface area contributed by atoms with Gasteiger partial charge in [-0.1, -0.05) is 42.5 Å². The zero-order valence-corrected chi connectivity index (χ0v) is 15.1. The van der Waals surface area contributed by atoms with Crippen molar-refractivity contribution in [1.82, 2.24) is 16.0 Å². The summed E-state index contributed by atoms with van der Waals surface area (Å²) in [7, 11) is 0. The summed E-state index contributed by atoms with van der Waals surface area (Å²) in [4.78, 5) is 24.6. The Bertz CT molecular complexity index is 855. The van der Waals surface area contributed by atoms with Gasteiger partial charge in [-0.25, -0.2) is 0 Å². The van der Waals surface area contributed by atoms with Crippen molar-refractivity contribution < 1.29 is 22.8 Å². The maximum Gasteiger partial charge on any atom is 0.416 e. The van der Waals surface area contributed by atoms with Crippen LogP contribution in [0.15, 0.2) is 54.6 Å². The van der Waals surface area contributed by atoms with Crippen LogP contribution in [0, 0.1) is 0 Å². The van der Waals surface area contributed by atoms with Crippen molar-refractivity contribution in [3.63, 3.8) is 0 Å². The molecule has 1 aliphatic rings. The van der Waals surface area contributed by atoms with E-state index in [2.05, 4.69) is 16.0 Å². The van der Waals surface area contributed by atoms with E-state index in [0.29, 0.717) is 5.56 Å². The van der Waals surface area contributed by atoms with Gasteiger partial charge in [0, 0.05) is 0 Å². The summed E-state index contributed by atoms with van der Waals surface area (Å²) in [6.07, 6.45) is -5.02. The normalized spacial score (nSPS) is 20.9. The summed E-state index contributed by atoms with van der Waals surface area (Å²) in [6.45, 7) is 1.60. The van der Waals surface area contributed by atoms with Crippen LogP contribution in [-0.2, 0) is 15.8 Å². The van der Waals surface area contributed by atoms with Crippen LogP contribution in [0.4, 0.5) is 13.2 Å². The molecular formula is C20H20F3N3O2. The van der Waals surface area contributed by atoms with Crippen molar-refractivity contribution >= 4 is 11.8 Å². The standard InChI is InChI=1S/C20H20F3N3O2/c1-12(14-8-5-9-15(10-14)20(21,22)23)24-19(28)16-11-17(27)26-18(25-16)13-6-3-2-4-7-13/h2-10,12,16,18,25H,11H2,1H3,(H,24,28)(H,26,27). The second-order valence-corrected chi connectivity index (χ2v) is 6.69. The number of hydrogen-bond acceptors (Lipinski definition) is 3. The van der Waals surface area contributed by atoms with Crippen LogP contribution in [0.1, 0.15) is 42.2 Å². The summed E-state index contributed by atoms with van der Waals surface area (Å²) < 4.78 is 38.7. The SMILES string of the molecule is CC(NC(=O)C1CC(=O)NC(c2ccccc2)N1)c1cccc(C(F)(F)F)c1. The van der Waals surface area contributed by atoms with E-state index in [4.69, 9.17) is 0 Å². The van der Waals surface area contributed by atoms with E-state index in [0.717, 1.165) is 17.7 Å². The molecule has 148 valence electrons. The largest absolute Gasteiger partial charge is 0.416 e. The van der Waals surface area contributed by atoms with Gasteiger partial charge in [-0.15, -0.1) is 0 Å². The summed E-state index contributed by atoms with van der Waals surface area (Å²) in [5.74, 6) is -0.722. The van der Waals surface area contributed by atoms with Gasteiger partial charge in [0.25, 0.3) is 0 Å². The lowest BCUT2D eigenvalue weighted by molar-refractivity contribution is -0.137. The van der Waals surface area contributed by atoms with Crippen LogP contribution in [-0.4, -0.2) is 17.9 Å². The smallest absolute Gasteiger partial charge is 0.348 e. The first-order valence-corrected chi connectivity index (χ1v) is 8.82. The van der Waals surface area contributed by atoms with Gasteiger partial charge in [0.1, 0.15) is 6.17 Å². The molecule has 0 saturated carbocycles. The average Bonchev–Trinajstić information content (AvgIpc) is 2.67. The Morgan fingerprint density at radius 1 is 1.14 bits per heavy atom. The lowest BCUT2D eigenvalue weighted by Gasteiger charge is -2.32. The Kier molecular flexibility index (Phi) is 5.69. The highest BCUT2D eigenvalue weighted by atomic mass is 19.4. The molecule has 0 aliphatic carbocycles. The molecule has 3 N–H and O–H groups in total. The van der Waals surface area contributed by atoms with Crippen LogP contribution in [0.3, 0.4) is 0 Å². The molecule has 1 saturated heterocycles. The molecule has 2 aromatic rings. The molecule has 2 aromatic carbocycles. The molecule has 1 heterocycles. The van der Waals surface area contributed by atoms with E-state index >= 15 is 0 Å². The van der Waals surface area contributed by atoms with E-state index in [-0.39, 0.29) is 12.3 Å². The summed E-state index contributed by atoms with van der Waals surface area (Å²) in [5.41, 5.74) is 0.368. The van der Waals surface area contributed by atoms with Gasteiger partial charge in [-0.3, -0.25) is 14.9 Å². The molecule has 0 aromatic heterocycles. The first-order chi connectivity index (χ1) is 13.2. The maximum absolute atomic E-state index is 12.9. The monoisotopic (exact) mass is 391 g/mol. The molecule has 3 unspecified atom stereocenters. The van der Waals surface area contributed by atoms with E-state index in [1.807, 2.05) is 30.3 Å². The minimum atomic E-state index is -4.45. The van der Waals surface area contributed by atoms with Crippen molar-refractivity contribution in [2.24, 2.45) is 0 Å². The van der Waals surface area contributed by atoms with Gasteiger partial charge in [-0.05, 0) is 30.2 Å². The molecule has 0 radical (unpaired) electrons. The van der Waals surface area contributed by atoms with Crippen molar-refractivity contribution in [2.75, 3.05) is 0 Å². The molecule has 3 rings (SSSR count). The molecule has 8 heteroatoms. The Morgan fingerprint density at radius 2 is 1.86 bits per heavy atom. The van der Waals surface area contributed by atoms with Gasteiger partial charge in [-0.2, -0.15) is 13.2 Å². The second kappa shape index (κ2) is 8.02. The Hall–Kier alpha value is -2.87. The molecule has 1 aliphatic heterocycles. The molecule has 0 bridgehead atoms. The number of carbonyl (C=O) groups excluding carboxylic acids is 2. The fourth-order valence-corrected chi connectivity index (χ4v) is 3.08. The number of benzene rings is 2. The number of halogens is 3. The zero-order valence-electron chi connectivity index (χ0n) is 15.1.